The summed E-state index contributed by atoms with van der Waals surface area (Å²) in [5.74, 6) is 1.42. The molecule has 1 saturated heterocycles. The van der Waals surface area contributed by atoms with Crippen molar-refractivity contribution >= 4 is 35.5 Å². The minimum absolute atomic E-state index is 0.00658. The molecule has 0 saturated carbocycles. The van der Waals surface area contributed by atoms with Crippen molar-refractivity contribution in [2.45, 2.75) is 40.7 Å². The number of urea groups is 1. The first kappa shape index (κ1) is 25.1. The SMILES string of the molecule is C#C.C/C=C\c1nc(NC(=O)N2CCN(c3ncccc3Cl)CC2C)oc1C.CC. The van der Waals surface area contributed by atoms with E-state index in [1.165, 1.54) is 0 Å². The number of anilines is 2. The number of pyridine rings is 1. The van der Waals surface area contributed by atoms with E-state index in [1.807, 2.05) is 52.8 Å². The van der Waals surface area contributed by atoms with Crippen LogP contribution in [-0.4, -0.2) is 46.6 Å². The van der Waals surface area contributed by atoms with Gasteiger partial charge in [-0.05, 0) is 39.0 Å². The summed E-state index contributed by atoms with van der Waals surface area (Å²) in [5.41, 5.74) is 0.713. The molecule has 1 unspecified atom stereocenters. The number of piperazine rings is 1. The number of aromatic nitrogens is 2. The van der Waals surface area contributed by atoms with E-state index in [1.54, 1.807) is 17.2 Å². The Morgan fingerprint density at radius 3 is 2.67 bits per heavy atom. The standard InChI is InChI=1S/C18H22ClN5O2.C2H6.C2H2/c1-4-6-15-13(3)26-17(21-15)22-18(25)24-10-9-23(11-12(24)2)16-14(19)7-5-8-20-16;2*1-2/h4-8,12H,9-11H2,1-3H3,(H,21,22,25);1-2H3;1-2H/b6-4-;;. The first-order valence-electron chi connectivity index (χ1n) is 9.86. The summed E-state index contributed by atoms with van der Waals surface area (Å²) >= 11 is 6.23. The fraction of sp³-hybridized carbons (Fsp3) is 0.409. The average Bonchev–Trinajstić information content (AvgIpc) is 3.10. The van der Waals surface area contributed by atoms with Crippen molar-refractivity contribution in [2.75, 3.05) is 29.9 Å². The lowest BCUT2D eigenvalue weighted by atomic mass is 10.2. The molecule has 0 radical (unpaired) electrons. The number of nitrogens with one attached hydrogen (secondary N) is 1. The Morgan fingerprint density at radius 2 is 2.07 bits per heavy atom. The van der Waals surface area contributed by atoms with E-state index in [0.29, 0.717) is 36.1 Å². The third-order valence-electron chi connectivity index (χ3n) is 4.30. The topological polar surface area (TPSA) is 74.5 Å². The van der Waals surface area contributed by atoms with Crippen molar-refractivity contribution in [3.8, 4) is 12.8 Å². The van der Waals surface area contributed by atoms with Crippen LogP contribution in [0.25, 0.3) is 6.08 Å². The predicted molar refractivity (Wildman–Crippen MR) is 124 cm³/mol. The molecule has 1 N–H and O–H groups in total. The number of nitrogens with zero attached hydrogens (tertiary/aromatic N) is 4. The van der Waals surface area contributed by atoms with Crippen molar-refractivity contribution < 1.29 is 9.21 Å². The molecule has 0 bridgehead atoms. The van der Waals surface area contributed by atoms with Crippen molar-refractivity contribution in [3.05, 3.63) is 40.9 Å². The number of hydrogen-bond acceptors (Lipinski definition) is 5. The molecule has 1 aliphatic rings. The smallest absolute Gasteiger partial charge is 0.325 e. The number of allylic oxidation sites excluding steroid dienone is 1. The van der Waals surface area contributed by atoms with Crippen LogP contribution in [0.2, 0.25) is 5.02 Å². The first-order valence-corrected chi connectivity index (χ1v) is 10.2. The number of rotatable bonds is 3. The second-order valence-corrected chi connectivity index (χ2v) is 6.60. The molecule has 3 rings (SSSR count). The highest BCUT2D eigenvalue weighted by atomic mass is 35.5. The number of terminal acetylenes is 1. The van der Waals surface area contributed by atoms with Gasteiger partial charge in [0.1, 0.15) is 17.3 Å². The van der Waals surface area contributed by atoms with Gasteiger partial charge in [-0.15, -0.1) is 12.8 Å². The third kappa shape index (κ3) is 6.26. The van der Waals surface area contributed by atoms with Gasteiger partial charge in [-0.25, -0.2) is 9.78 Å². The molecule has 3 heterocycles. The van der Waals surface area contributed by atoms with E-state index in [9.17, 15) is 4.79 Å². The lowest BCUT2D eigenvalue weighted by Crippen LogP contribution is -2.55. The van der Waals surface area contributed by atoms with Gasteiger partial charge in [0, 0.05) is 31.9 Å². The Bertz CT molecular complexity index is 862. The molecule has 7 nitrogen and oxygen atoms in total. The van der Waals surface area contributed by atoms with E-state index >= 15 is 0 Å². The predicted octanol–water partition coefficient (Wildman–Crippen LogP) is 5.08. The molecule has 1 fully saturated rings. The lowest BCUT2D eigenvalue weighted by Gasteiger charge is -2.40. The Hall–Kier alpha value is -2.98. The van der Waals surface area contributed by atoms with Gasteiger partial charge < -0.3 is 14.2 Å². The van der Waals surface area contributed by atoms with E-state index in [-0.39, 0.29) is 18.1 Å². The molecular weight excluding hydrogens is 402 g/mol. The van der Waals surface area contributed by atoms with Crippen molar-refractivity contribution in [3.63, 3.8) is 0 Å². The second kappa shape index (κ2) is 12.6. The fourth-order valence-electron chi connectivity index (χ4n) is 3.00. The van der Waals surface area contributed by atoms with Crippen molar-refractivity contribution in [2.24, 2.45) is 0 Å². The van der Waals surface area contributed by atoms with Gasteiger partial charge in [-0.3, -0.25) is 5.32 Å². The molecule has 2 aromatic rings. The van der Waals surface area contributed by atoms with Crippen molar-refractivity contribution in [1.82, 2.24) is 14.9 Å². The number of amides is 2. The number of halogens is 1. The summed E-state index contributed by atoms with van der Waals surface area (Å²) in [7, 11) is 0. The molecule has 1 atom stereocenters. The number of aryl methyl sites for hydroxylation is 1. The van der Waals surface area contributed by atoms with Crippen LogP contribution >= 0.6 is 11.6 Å². The first-order chi connectivity index (χ1) is 14.5. The summed E-state index contributed by atoms with van der Waals surface area (Å²) in [4.78, 5) is 25.1. The summed E-state index contributed by atoms with van der Waals surface area (Å²) in [6.45, 7) is 11.6. The second-order valence-electron chi connectivity index (χ2n) is 6.19. The highest BCUT2D eigenvalue weighted by Gasteiger charge is 2.29. The van der Waals surface area contributed by atoms with Gasteiger partial charge >= 0.3 is 12.0 Å². The molecule has 0 spiro atoms. The summed E-state index contributed by atoms with van der Waals surface area (Å²) < 4.78 is 5.51. The quantitative estimate of drug-likeness (QED) is 0.685. The van der Waals surface area contributed by atoms with Crippen LogP contribution in [0, 0.1) is 19.8 Å². The van der Waals surface area contributed by atoms with Gasteiger partial charge in [-0.2, -0.15) is 4.98 Å². The Balaban J connectivity index is 0.00000106. The lowest BCUT2D eigenvalue weighted by molar-refractivity contribution is 0.184. The van der Waals surface area contributed by atoms with Gasteiger partial charge in [-0.1, -0.05) is 31.5 Å². The molecule has 8 heteroatoms. The molecule has 0 aliphatic carbocycles. The van der Waals surface area contributed by atoms with Crippen LogP contribution in [0.5, 0.6) is 0 Å². The summed E-state index contributed by atoms with van der Waals surface area (Å²) in [6.07, 6.45) is 13.4. The Morgan fingerprint density at radius 1 is 1.37 bits per heavy atom. The largest absolute Gasteiger partial charge is 0.428 e. The zero-order valence-corrected chi connectivity index (χ0v) is 19.0. The zero-order chi connectivity index (χ0) is 22.7. The number of carbonyl (C=O) groups excluding carboxylic acids is 1. The highest BCUT2D eigenvalue weighted by molar-refractivity contribution is 6.32. The Labute approximate surface area is 184 Å². The maximum absolute atomic E-state index is 12.6. The fourth-order valence-corrected chi connectivity index (χ4v) is 3.24. The average molecular weight is 432 g/mol. The van der Waals surface area contributed by atoms with E-state index in [4.69, 9.17) is 16.0 Å². The van der Waals surface area contributed by atoms with Crippen LogP contribution in [0.15, 0.2) is 28.8 Å². The molecule has 0 aromatic carbocycles. The molecular formula is C22H30ClN5O2. The Kier molecular flexibility index (Phi) is 10.5. The number of oxazole rings is 1. The normalized spacial score (nSPS) is 15.7. The third-order valence-corrected chi connectivity index (χ3v) is 4.59. The highest BCUT2D eigenvalue weighted by Crippen LogP contribution is 2.25. The summed E-state index contributed by atoms with van der Waals surface area (Å²) in [6, 6.07) is 3.61. The van der Waals surface area contributed by atoms with Crippen LogP contribution in [0.3, 0.4) is 0 Å². The van der Waals surface area contributed by atoms with Gasteiger partial charge in [0.15, 0.2) is 0 Å². The molecule has 2 amide bonds. The molecule has 162 valence electrons. The van der Waals surface area contributed by atoms with Crippen LogP contribution in [-0.2, 0) is 0 Å². The van der Waals surface area contributed by atoms with E-state index in [2.05, 4.69) is 33.0 Å². The van der Waals surface area contributed by atoms with Crippen LogP contribution in [0.4, 0.5) is 16.6 Å². The van der Waals surface area contributed by atoms with E-state index in [0.717, 1.165) is 5.82 Å². The maximum Gasteiger partial charge on any atom is 0.325 e. The summed E-state index contributed by atoms with van der Waals surface area (Å²) in [5, 5.41) is 3.36. The maximum atomic E-state index is 12.6. The van der Waals surface area contributed by atoms with E-state index < -0.39 is 0 Å². The van der Waals surface area contributed by atoms with Gasteiger partial charge in [0.05, 0.1) is 5.02 Å². The minimum atomic E-state index is -0.224. The van der Waals surface area contributed by atoms with Crippen molar-refractivity contribution in [1.29, 1.82) is 0 Å². The number of carbonyl (C=O) groups is 1. The van der Waals surface area contributed by atoms with Crippen LogP contribution in [0.1, 0.15) is 39.1 Å². The van der Waals surface area contributed by atoms with Gasteiger partial charge in [0.2, 0.25) is 0 Å². The van der Waals surface area contributed by atoms with Crippen LogP contribution < -0.4 is 10.2 Å². The monoisotopic (exact) mass is 431 g/mol. The zero-order valence-electron chi connectivity index (χ0n) is 18.2. The molecule has 2 aromatic heterocycles. The molecule has 1 aliphatic heterocycles. The van der Waals surface area contributed by atoms with Gasteiger partial charge in [0.25, 0.3) is 0 Å². The minimum Gasteiger partial charge on any atom is -0.428 e. The number of hydrogen-bond donors (Lipinski definition) is 1. The molecule has 30 heavy (non-hydrogen) atoms.